The predicted molar refractivity (Wildman–Crippen MR) is 79.1 cm³/mol. The zero-order valence-corrected chi connectivity index (χ0v) is 12.3. The number of hydrogen-bond donors (Lipinski definition) is 2. The van der Waals surface area contributed by atoms with E-state index in [2.05, 4.69) is 17.0 Å². The van der Waals surface area contributed by atoms with Crippen LogP contribution in [0.25, 0.3) is 0 Å². The zero-order valence-electron chi connectivity index (χ0n) is 12.3. The Hall–Kier alpha value is -1.07. The summed E-state index contributed by atoms with van der Waals surface area (Å²) in [5.74, 6) is 2.80. The summed E-state index contributed by atoms with van der Waals surface area (Å²) < 4.78 is 1.71. The van der Waals surface area contributed by atoms with Gasteiger partial charge in [0.05, 0.1) is 24.5 Å². The lowest BCUT2D eigenvalue weighted by molar-refractivity contribution is 0.0936. The van der Waals surface area contributed by atoms with Gasteiger partial charge in [0.15, 0.2) is 0 Å². The third-order valence-electron chi connectivity index (χ3n) is 5.00. The lowest BCUT2D eigenvalue weighted by atomic mass is 9.88. The van der Waals surface area contributed by atoms with Gasteiger partial charge in [0.1, 0.15) is 0 Å². The third kappa shape index (κ3) is 3.15. The van der Waals surface area contributed by atoms with Gasteiger partial charge < -0.3 is 15.7 Å². The maximum atomic E-state index is 10.1. The number of aromatic nitrogens is 2. The Morgan fingerprint density at radius 3 is 2.95 bits per heavy atom. The molecule has 112 valence electrons. The summed E-state index contributed by atoms with van der Waals surface area (Å²) in [7, 11) is 2.12. The predicted octanol–water partition coefficient (Wildman–Crippen LogP) is 1.19. The summed E-state index contributed by atoms with van der Waals surface area (Å²) in [5, 5.41) is 14.3. The van der Waals surface area contributed by atoms with E-state index in [-0.39, 0.29) is 0 Å². The van der Waals surface area contributed by atoms with Crippen molar-refractivity contribution in [3.63, 3.8) is 0 Å². The summed E-state index contributed by atoms with van der Waals surface area (Å²) in [6.45, 7) is 2.34. The summed E-state index contributed by atoms with van der Waals surface area (Å²) >= 11 is 0. The number of hydrogen-bond acceptors (Lipinski definition) is 4. The molecule has 0 radical (unpaired) electrons. The van der Waals surface area contributed by atoms with E-state index in [1.165, 1.54) is 25.7 Å². The van der Waals surface area contributed by atoms with Gasteiger partial charge in [0, 0.05) is 19.3 Å². The van der Waals surface area contributed by atoms with E-state index in [0.29, 0.717) is 18.8 Å². The van der Waals surface area contributed by atoms with Crippen molar-refractivity contribution in [3.8, 4) is 0 Å². The molecule has 1 aromatic heterocycles. The number of nitrogens with zero attached hydrogens (tertiary/aromatic N) is 3. The van der Waals surface area contributed by atoms with E-state index in [1.54, 1.807) is 17.1 Å². The molecule has 5 heteroatoms. The number of aliphatic hydroxyl groups is 1. The Morgan fingerprint density at radius 1 is 1.50 bits per heavy atom. The molecule has 2 bridgehead atoms. The fraction of sp³-hybridized carbons (Fsp3) is 0.800. The van der Waals surface area contributed by atoms with Crippen LogP contribution in [0.1, 0.15) is 25.7 Å². The van der Waals surface area contributed by atoms with Gasteiger partial charge in [0.2, 0.25) is 0 Å². The van der Waals surface area contributed by atoms with Crippen LogP contribution in [0.2, 0.25) is 0 Å². The molecule has 3 rings (SSSR count). The molecule has 2 aliphatic rings. The molecule has 1 heterocycles. The fourth-order valence-corrected chi connectivity index (χ4v) is 4.19. The van der Waals surface area contributed by atoms with Gasteiger partial charge in [-0.2, -0.15) is 5.10 Å². The van der Waals surface area contributed by atoms with Gasteiger partial charge in [-0.05, 0) is 44.1 Å². The number of aliphatic hydroxyl groups excluding tert-OH is 1. The molecule has 2 fully saturated rings. The van der Waals surface area contributed by atoms with Crippen LogP contribution in [0.3, 0.4) is 0 Å². The van der Waals surface area contributed by atoms with Crippen LogP contribution in [0.4, 0.5) is 5.69 Å². The smallest absolute Gasteiger partial charge is 0.0862 e. The highest BCUT2D eigenvalue weighted by Crippen LogP contribution is 2.48. The van der Waals surface area contributed by atoms with E-state index in [1.807, 2.05) is 0 Å². The molecule has 2 aliphatic carbocycles. The van der Waals surface area contributed by atoms with E-state index in [9.17, 15) is 5.11 Å². The molecule has 4 atom stereocenters. The third-order valence-corrected chi connectivity index (χ3v) is 5.00. The van der Waals surface area contributed by atoms with Crippen LogP contribution in [-0.2, 0) is 6.54 Å². The maximum Gasteiger partial charge on any atom is 0.0862 e. The molecular weight excluding hydrogens is 252 g/mol. The number of likely N-dealkylation sites (N-methyl/N-ethyl adjacent to an activating group) is 1. The molecular formula is C15H26N4O. The normalized spacial score (nSPS) is 30.2. The first-order valence-corrected chi connectivity index (χ1v) is 7.74. The minimum absolute atomic E-state index is 0.391. The van der Waals surface area contributed by atoms with Gasteiger partial charge >= 0.3 is 0 Å². The molecule has 4 unspecified atom stereocenters. The van der Waals surface area contributed by atoms with Crippen molar-refractivity contribution in [3.05, 3.63) is 12.4 Å². The molecule has 0 aromatic carbocycles. The van der Waals surface area contributed by atoms with Crippen molar-refractivity contribution in [1.82, 2.24) is 14.7 Å². The minimum atomic E-state index is -0.391. The van der Waals surface area contributed by atoms with Crippen LogP contribution < -0.4 is 5.73 Å². The quantitative estimate of drug-likeness (QED) is 0.820. The highest BCUT2D eigenvalue weighted by atomic mass is 16.3. The molecule has 2 saturated carbocycles. The highest BCUT2D eigenvalue weighted by molar-refractivity contribution is 5.30. The minimum Gasteiger partial charge on any atom is -0.396 e. The van der Waals surface area contributed by atoms with Gasteiger partial charge in [-0.1, -0.05) is 6.42 Å². The first-order chi connectivity index (χ1) is 9.60. The van der Waals surface area contributed by atoms with Crippen molar-refractivity contribution in [2.75, 3.05) is 25.9 Å². The molecule has 0 spiro atoms. The lowest BCUT2D eigenvalue weighted by Crippen LogP contribution is -2.36. The van der Waals surface area contributed by atoms with E-state index >= 15 is 0 Å². The topological polar surface area (TPSA) is 67.3 Å². The Bertz CT molecular complexity index is 447. The van der Waals surface area contributed by atoms with Gasteiger partial charge in [-0.15, -0.1) is 0 Å². The standard InChI is InChI=1S/C15H26N4O/c1-18(7-13-5-11-2-3-12(13)4-11)9-15(20)10-19-8-14(16)6-17-19/h6,8,11-13,15,20H,2-5,7,9-10,16H2,1H3. The van der Waals surface area contributed by atoms with Crippen LogP contribution >= 0.6 is 0 Å². The SMILES string of the molecule is CN(CC(O)Cn1cc(N)cn1)CC1CC2CCC1C2. The first-order valence-electron chi connectivity index (χ1n) is 7.74. The maximum absolute atomic E-state index is 10.1. The van der Waals surface area contributed by atoms with Gasteiger partial charge in [-0.3, -0.25) is 4.68 Å². The first kappa shape index (κ1) is 13.9. The second-order valence-corrected chi connectivity index (χ2v) is 6.81. The second kappa shape index (κ2) is 5.74. The van der Waals surface area contributed by atoms with Crippen molar-refractivity contribution in [1.29, 1.82) is 0 Å². The number of nitrogen functional groups attached to an aromatic ring is 1. The number of anilines is 1. The molecule has 20 heavy (non-hydrogen) atoms. The Labute approximate surface area is 120 Å². The summed E-state index contributed by atoms with van der Waals surface area (Å²) in [4.78, 5) is 2.28. The van der Waals surface area contributed by atoms with Crippen molar-refractivity contribution >= 4 is 5.69 Å². The number of nitrogens with two attached hydrogens (primary N) is 1. The van der Waals surface area contributed by atoms with Crippen molar-refractivity contribution in [2.24, 2.45) is 17.8 Å². The molecule has 1 aromatic rings. The highest BCUT2D eigenvalue weighted by Gasteiger charge is 2.39. The number of fused-ring (bicyclic) bond motifs is 2. The molecule has 3 N–H and O–H groups in total. The second-order valence-electron chi connectivity index (χ2n) is 6.81. The van der Waals surface area contributed by atoms with E-state index < -0.39 is 6.10 Å². The average Bonchev–Trinajstić information content (AvgIpc) is 3.06. The fourth-order valence-electron chi connectivity index (χ4n) is 4.19. The van der Waals surface area contributed by atoms with Gasteiger partial charge in [0.25, 0.3) is 0 Å². The average molecular weight is 278 g/mol. The van der Waals surface area contributed by atoms with E-state index in [4.69, 9.17) is 5.73 Å². The molecule has 0 aliphatic heterocycles. The monoisotopic (exact) mass is 278 g/mol. The summed E-state index contributed by atoms with van der Waals surface area (Å²) in [5.41, 5.74) is 6.27. The Balaban J connectivity index is 1.43. The van der Waals surface area contributed by atoms with Crippen LogP contribution in [-0.4, -0.2) is 46.0 Å². The zero-order chi connectivity index (χ0) is 14.1. The Kier molecular flexibility index (Phi) is 3.98. The summed E-state index contributed by atoms with van der Waals surface area (Å²) in [6.07, 6.45) is 8.73. The van der Waals surface area contributed by atoms with Crippen molar-refractivity contribution in [2.45, 2.75) is 38.3 Å². The largest absolute Gasteiger partial charge is 0.396 e. The lowest BCUT2D eigenvalue weighted by Gasteiger charge is -2.28. The van der Waals surface area contributed by atoms with Crippen LogP contribution in [0.5, 0.6) is 0 Å². The van der Waals surface area contributed by atoms with Gasteiger partial charge in [-0.25, -0.2) is 0 Å². The molecule has 5 nitrogen and oxygen atoms in total. The molecule has 0 amide bonds. The van der Waals surface area contributed by atoms with Crippen LogP contribution in [0, 0.1) is 17.8 Å². The van der Waals surface area contributed by atoms with Crippen molar-refractivity contribution < 1.29 is 5.11 Å². The number of rotatable bonds is 6. The van der Waals surface area contributed by atoms with Crippen LogP contribution in [0.15, 0.2) is 12.4 Å². The molecule has 0 saturated heterocycles. The Morgan fingerprint density at radius 2 is 2.35 bits per heavy atom. The van der Waals surface area contributed by atoms with E-state index in [0.717, 1.165) is 24.3 Å². The summed E-state index contributed by atoms with van der Waals surface area (Å²) in [6, 6.07) is 0.